The predicted molar refractivity (Wildman–Crippen MR) is 79.8 cm³/mol. The minimum absolute atomic E-state index is 0.0476. The van der Waals surface area contributed by atoms with Crippen molar-refractivity contribution in [3.8, 4) is 0 Å². The van der Waals surface area contributed by atoms with Gasteiger partial charge >= 0.3 is 0 Å². The van der Waals surface area contributed by atoms with Crippen molar-refractivity contribution in [3.63, 3.8) is 0 Å². The average Bonchev–Trinajstić information content (AvgIpc) is 2.99. The quantitative estimate of drug-likeness (QED) is 0.507. The molecule has 2 aromatic heterocycles. The maximum atomic E-state index is 5.55. The van der Waals surface area contributed by atoms with Crippen LogP contribution in [0.4, 0.5) is 0 Å². The Bertz CT molecular complexity index is 656. The Morgan fingerprint density at radius 2 is 2.00 bits per heavy atom. The summed E-state index contributed by atoms with van der Waals surface area (Å²) >= 11 is 3.25. The van der Waals surface area contributed by atoms with Gasteiger partial charge in [0.15, 0.2) is 0 Å². The van der Waals surface area contributed by atoms with Gasteiger partial charge in [-0.15, -0.1) is 5.10 Å². The second kappa shape index (κ2) is 6.71. The monoisotopic (exact) mass is 337 g/mol. The number of hydrazone groups is 1. The molecule has 0 spiro atoms. The fourth-order valence-electron chi connectivity index (χ4n) is 1.25. The van der Waals surface area contributed by atoms with Crippen LogP contribution in [-0.4, -0.2) is 18.4 Å². The van der Waals surface area contributed by atoms with Crippen molar-refractivity contribution in [2.24, 2.45) is 21.0 Å². The first kappa shape index (κ1) is 14.1. The zero-order valence-corrected chi connectivity index (χ0v) is 12.2. The van der Waals surface area contributed by atoms with Crippen LogP contribution < -0.4 is 11.2 Å². The van der Waals surface area contributed by atoms with Gasteiger partial charge in [-0.1, -0.05) is 0 Å². The van der Waals surface area contributed by atoms with Gasteiger partial charge in [0.2, 0.25) is 5.96 Å². The number of nitrogens with zero attached hydrogens (tertiary/aromatic N) is 3. The van der Waals surface area contributed by atoms with E-state index in [0.717, 1.165) is 10.0 Å². The highest BCUT2D eigenvalue weighted by atomic mass is 79.9. The fourth-order valence-corrected chi connectivity index (χ4v) is 1.57. The molecule has 2 heterocycles. The van der Waals surface area contributed by atoms with Crippen LogP contribution >= 0.6 is 15.9 Å². The zero-order valence-electron chi connectivity index (χ0n) is 10.6. The van der Waals surface area contributed by atoms with Gasteiger partial charge in [0.25, 0.3) is 0 Å². The Hall–Kier alpha value is -2.35. The fraction of sp³-hybridized carbons (Fsp3) is 0.0833. The first-order valence-corrected chi connectivity index (χ1v) is 6.37. The van der Waals surface area contributed by atoms with Crippen molar-refractivity contribution in [2.45, 2.75) is 6.92 Å². The Morgan fingerprint density at radius 1 is 1.25 bits per heavy atom. The molecule has 2 aromatic rings. The minimum atomic E-state index is 0.0476. The molecule has 7 nitrogen and oxygen atoms in total. The van der Waals surface area contributed by atoms with Crippen LogP contribution in [-0.2, 0) is 0 Å². The van der Waals surface area contributed by atoms with Gasteiger partial charge in [-0.25, -0.2) is 5.43 Å². The summed E-state index contributed by atoms with van der Waals surface area (Å²) < 4.78 is 11.1. The van der Waals surface area contributed by atoms with Crippen molar-refractivity contribution in [1.29, 1.82) is 0 Å². The summed E-state index contributed by atoms with van der Waals surface area (Å²) in [5, 5.41) is 11.3. The lowest BCUT2D eigenvalue weighted by atomic mass is 10.3. The molecular weight excluding hydrogens is 326 g/mol. The van der Waals surface area contributed by atoms with E-state index in [1.807, 2.05) is 13.0 Å². The molecule has 0 aliphatic rings. The first-order chi connectivity index (χ1) is 9.63. The molecule has 0 aliphatic heterocycles. The second-order valence-electron chi connectivity index (χ2n) is 3.79. The highest BCUT2D eigenvalue weighted by Crippen LogP contribution is 2.12. The average molecular weight is 338 g/mol. The van der Waals surface area contributed by atoms with Crippen molar-refractivity contribution >= 4 is 34.3 Å². The normalized spacial score (nSPS) is 12.6. The lowest BCUT2D eigenvalue weighted by Gasteiger charge is -1.93. The molecule has 0 amide bonds. The Balaban J connectivity index is 1.85. The molecule has 0 saturated heterocycles. The smallest absolute Gasteiger partial charge is 0.234 e. The largest absolute Gasteiger partial charge is 0.463 e. The maximum absolute atomic E-state index is 5.55. The van der Waals surface area contributed by atoms with E-state index < -0.39 is 0 Å². The molecule has 2 rings (SSSR count). The van der Waals surface area contributed by atoms with Crippen LogP contribution in [0.5, 0.6) is 0 Å². The summed E-state index contributed by atoms with van der Waals surface area (Å²) in [6.07, 6.45) is 6.09. The Labute approximate surface area is 123 Å². The third kappa shape index (κ3) is 4.39. The molecule has 3 N–H and O–H groups in total. The van der Waals surface area contributed by atoms with Crippen molar-refractivity contribution in [2.75, 3.05) is 0 Å². The molecule has 0 aliphatic carbocycles. The third-order valence-electron chi connectivity index (χ3n) is 2.06. The third-order valence-corrected chi connectivity index (χ3v) is 2.48. The zero-order chi connectivity index (χ0) is 14.4. The molecule has 0 atom stereocenters. The lowest BCUT2D eigenvalue weighted by molar-refractivity contribution is 0.558. The number of nitrogens with one attached hydrogen (secondary N) is 1. The number of hydrogen-bond donors (Lipinski definition) is 2. The van der Waals surface area contributed by atoms with Gasteiger partial charge in [-0.2, -0.15) is 10.2 Å². The van der Waals surface area contributed by atoms with E-state index in [9.17, 15) is 0 Å². The second-order valence-corrected chi connectivity index (χ2v) is 4.71. The van der Waals surface area contributed by atoms with Gasteiger partial charge in [0, 0.05) is 0 Å². The Kier molecular flexibility index (Phi) is 4.72. The van der Waals surface area contributed by atoms with Crippen LogP contribution in [0.15, 0.2) is 53.3 Å². The summed E-state index contributed by atoms with van der Waals surface area (Å²) in [7, 11) is 0. The van der Waals surface area contributed by atoms with Gasteiger partial charge < -0.3 is 14.6 Å². The lowest BCUT2D eigenvalue weighted by Crippen LogP contribution is -2.26. The summed E-state index contributed by atoms with van der Waals surface area (Å²) in [5.41, 5.74) is 9.08. The number of aryl methyl sites for hydroxylation is 1. The highest BCUT2D eigenvalue weighted by Gasteiger charge is 1.95. The van der Waals surface area contributed by atoms with Gasteiger partial charge in [-0.3, -0.25) is 0 Å². The molecule has 104 valence electrons. The van der Waals surface area contributed by atoms with Gasteiger partial charge in [0.05, 0.1) is 23.2 Å². The molecular formula is C12H12BrN5O2. The Morgan fingerprint density at radius 3 is 2.65 bits per heavy atom. The standard InChI is InChI=1S/C12H12BrN5O2/c1-8-2-10(19-6-8)4-15-17-12(14)18-16-5-11-3-9(13)7-20-11/h2-7H,1H3,(H3,14,17,18)/b15-4+,16-5+. The van der Waals surface area contributed by atoms with Crippen molar-refractivity contribution in [3.05, 3.63) is 46.2 Å². The van der Waals surface area contributed by atoms with E-state index in [1.54, 1.807) is 18.6 Å². The molecule has 0 aromatic carbocycles. The molecule has 0 unspecified atom stereocenters. The van der Waals surface area contributed by atoms with E-state index in [1.165, 1.54) is 12.4 Å². The van der Waals surface area contributed by atoms with Gasteiger partial charge in [-0.05, 0) is 40.5 Å². The van der Waals surface area contributed by atoms with E-state index in [-0.39, 0.29) is 5.96 Å². The molecule has 0 fully saturated rings. The van der Waals surface area contributed by atoms with Crippen LogP contribution in [0.25, 0.3) is 0 Å². The van der Waals surface area contributed by atoms with Crippen molar-refractivity contribution < 1.29 is 8.83 Å². The summed E-state index contributed by atoms with van der Waals surface area (Å²) in [6.45, 7) is 1.92. The molecule has 8 heteroatoms. The minimum Gasteiger partial charge on any atom is -0.463 e. The van der Waals surface area contributed by atoms with Crippen LogP contribution in [0.1, 0.15) is 17.1 Å². The molecule has 0 bridgehead atoms. The maximum Gasteiger partial charge on any atom is 0.234 e. The molecule has 20 heavy (non-hydrogen) atoms. The van der Waals surface area contributed by atoms with Crippen molar-refractivity contribution in [1.82, 2.24) is 5.43 Å². The summed E-state index contributed by atoms with van der Waals surface area (Å²) in [4.78, 5) is 0. The number of hydrogen-bond acceptors (Lipinski definition) is 5. The first-order valence-electron chi connectivity index (χ1n) is 5.58. The van der Waals surface area contributed by atoms with Crippen LogP contribution in [0.3, 0.4) is 0 Å². The number of furan rings is 2. The number of rotatable bonds is 4. The summed E-state index contributed by atoms with van der Waals surface area (Å²) in [6, 6.07) is 3.59. The van der Waals surface area contributed by atoms with Crippen LogP contribution in [0, 0.1) is 6.92 Å². The summed E-state index contributed by atoms with van der Waals surface area (Å²) in [5.74, 6) is 1.22. The number of halogens is 1. The van der Waals surface area contributed by atoms with Gasteiger partial charge in [0.1, 0.15) is 17.8 Å². The molecule has 0 saturated carbocycles. The van der Waals surface area contributed by atoms with E-state index in [2.05, 4.69) is 36.7 Å². The topological polar surface area (TPSA) is 101 Å². The van der Waals surface area contributed by atoms with E-state index in [4.69, 9.17) is 14.6 Å². The van der Waals surface area contributed by atoms with E-state index in [0.29, 0.717) is 11.5 Å². The van der Waals surface area contributed by atoms with Crippen LogP contribution in [0.2, 0.25) is 0 Å². The SMILES string of the molecule is Cc1coc(/C=N/NC(N)=N/N=C/c2cc(Br)co2)c1. The predicted octanol–water partition coefficient (Wildman–Crippen LogP) is 2.22. The molecule has 0 radical (unpaired) electrons. The highest BCUT2D eigenvalue weighted by molar-refractivity contribution is 9.10. The number of guanidine groups is 1. The van der Waals surface area contributed by atoms with E-state index >= 15 is 0 Å². The number of nitrogens with two attached hydrogens (primary N) is 1.